The van der Waals surface area contributed by atoms with E-state index in [0.717, 1.165) is 51.4 Å². The fraction of sp³-hybridized carbons (Fsp3) is 0.855. The molecule has 0 bridgehead atoms. The van der Waals surface area contributed by atoms with Crippen molar-refractivity contribution >= 4 is 13.7 Å². The summed E-state index contributed by atoms with van der Waals surface area (Å²) in [6, 6.07) is -0.912. The second kappa shape index (κ2) is 66.6. The fourth-order valence-corrected chi connectivity index (χ4v) is 11.9. The number of aliphatic hydroxyl groups is 1. The van der Waals surface area contributed by atoms with Gasteiger partial charge in [0.2, 0.25) is 5.91 Å². The van der Waals surface area contributed by atoms with E-state index in [1.165, 1.54) is 295 Å². The highest BCUT2D eigenvalue weighted by Crippen LogP contribution is 2.38. The average molecular weight is 1210 g/mol. The Balaban J connectivity index is 4.02. The highest BCUT2D eigenvalue weighted by atomic mass is 31.2. The minimum Gasteiger partial charge on any atom is -0.756 e. The third kappa shape index (κ3) is 69.5. The van der Waals surface area contributed by atoms with Gasteiger partial charge in [-0.2, -0.15) is 0 Å². The number of hydrogen-bond donors (Lipinski definition) is 2. The molecular formula is C76H145N2O6P. The maximum Gasteiger partial charge on any atom is 0.268 e. The molecule has 1 amide bonds. The van der Waals surface area contributed by atoms with Crippen LogP contribution < -0.4 is 10.2 Å². The summed E-state index contributed by atoms with van der Waals surface area (Å²) in [7, 11) is 1.25. The standard InChI is InChI=1S/C76H145N2O6P/c1-6-8-10-12-14-16-18-20-22-24-26-28-30-32-34-35-36-37-38-39-40-41-42-43-44-46-48-50-52-54-56-58-60-62-64-66-68-70-76(80)77-74(73-84-85(81,82)83-72-71-78(3,4)5)75(79)69-67-65-63-61-59-57-55-53-51-49-47-45-33-31-29-27-25-23-21-19-17-15-13-11-9-7-2/h18,20,24,26,51,53,59,61,67,69,74-75,79H,6-17,19,21-23,25,27-50,52,54-58,60,62-66,68,70-73H2,1-5H3,(H-,77,80,81,82)/b20-18-,26-24-,53-51+,61-59+,69-67+. The van der Waals surface area contributed by atoms with Gasteiger partial charge < -0.3 is 28.8 Å². The summed E-state index contributed by atoms with van der Waals surface area (Å²) in [5, 5.41) is 13.9. The molecule has 85 heavy (non-hydrogen) atoms. The Hall–Kier alpha value is -1.80. The molecule has 0 spiro atoms. The lowest BCUT2D eigenvalue weighted by Crippen LogP contribution is -2.45. The first-order chi connectivity index (χ1) is 41.5. The topological polar surface area (TPSA) is 108 Å². The van der Waals surface area contributed by atoms with Gasteiger partial charge in [-0.15, -0.1) is 0 Å². The Kier molecular flexibility index (Phi) is 65.2. The van der Waals surface area contributed by atoms with Crippen LogP contribution in [-0.2, 0) is 18.4 Å². The normalized spacial score (nSPS) is 13.9. The quantitative estimate of drug-likeness (QED) is 0.0272. The molecule has 0 aliphatic rings. The molecule has 8 nitrogen and oxygen atoms in total. The van der Waals surface area contributed by atoms with E-state index >= 15 is 0 Å². The zero-order valence-electron chi connectivity index (χ0n) is 57.3. The number of nitrogens with one attached hydrogen (secondary N) is 1. The Morgan fingerprint density at radius 1 is 0.412 bits per heavy atom. The second-order valence-corrected chi connectivity index (χ2v) is 28.0. The summed E-state index contributed by atoms with van der Waals surface area (Å²) in [6.07, 6.45) is 92.3. The van der Waals surface area contributed by atoms with Crippen molar-refractivity contribution in [3.05, 3.63) is 60.8 Å². The predicted molar refractivity (Wildman–Crippen MR) is 371 cm³/mol. The first-order valence-corrected chi connectivity index (χ1v) is 38.6. The summed E-state index contributed by atoms with van der Waals surface area (Å²) >= 11 is 0. The molecular weight excluding hydrogens is 1070 g/mol. The zero-order chi connectivity index (χ0) is 61.9. The number of nitrogens with zero attached hydrogens (tertiary/aromatic N) is 1. The van der Waals surface area contributed by atoms with Crippen LogP contribution in [0.15, 0.2) is 60.8 Å². The van der Waals surface area contributed by atoms with E-state index in [2.05, 4.69) is 67.8 Å². The molecule has 0 aliphatic heterocycles. The molecule has 0 aromatic carbocycles. The summed E-state index contributed by atoms with van der Waals surface area (Å²) in [6.45, 7) is 4.66. The number of allylic oxidation sites excluding steroid dienone is 9. The van der Waals surface area contributed by atoms with E-state index in [9.17, 15) is 19.4 Å². The molecule has 0 aliphatic carbocycles. The van der Waals surface area contributed by atoms with Gasteiger partial charge in [-0.05, 0) is 77.0 Å². The van der Waals surface area contributed by atoms with Crippen molar-refractivity contribution in [2.75, 3.05) is 40.9 Å². The number of carbonyl (C=O) groups is 1. The molecule has 9 heteroatoms. The minimum absolute atomic E-state index is 0.00841. The third-order valence-corrected chi connectivity index (χ3v) is 17.9. The molecule has 3 unspecified atom stereocenters. The number of amides is 1. The van der Waals surface area contributed by atoms with Crippen LogP contribution in [0, 0.1) is 0 Å². The number of aliphatic hydroxyl groups excluding tert-OH is 1. The maximum absolute atomic E-state index is 13.0. The SMILES string of the molecule is CCCCCCC/C=C\C/C=C\CCCCCCCCCCCCCCCCCCCCCCCCCCCC(=O)NC(COP(=O)([O-])OCC[N+](C)(C)C)C(O)/C=C/CC/C=C/CC/C=C/CCCCCCCCCCCCCCCCCC. The summed E-state index contributed by atoms with van der Waals surface area (Å²) in [5.74, 6) is -0.205. The fourth-order valence-electron chi connectivity index (χ4n) is 11.2. The van der Waals surface area contributed by atoms with Gasteiger partial charge in [-0.25, -0.2) is 0 Å². The molecule has 0 aromatic heterocycles. The van der Waals surface area contributed by atoms with Crippen LogP contribution in [-0.4, -0.2) is 68.5 Å². The van der Waals surface area contributed by atoms with E-state index in [1.807, 2.05) is 27.2 Å². The van der Waals surface area contributed by atoms with Crippen molar-refractivity contribution in [3.63, 3.8) is 0 Å². The van der Waals surface area contributed by atoms with Gasteiger partial charge in [-0.3, -0.25) is 9.36 Å². The van der Waals surface area contributed by atoms with E-state index in [4.69, 9.17) is 9.05 Å². The molecule has 0 radical (unpaired) electrons. The largest absolute Gasteiger partial charge is 0.756 e. The van der Waals surface area contributed by atoms with Gasteiger partial charge >= 0.3 is 0 Å². The van der Waals surface area contributed by atoms with Crippen LogP contribution in [0.4, 0.5) is 0 Å². The molecule has 0 rings (SSSR count). The molecule has 0 heterocycles. The Morgan fingerprint density at radius 2 is 0.694 bits per heavy atom. The third-order valence-electron chi connectivity index (χ3n) is 16.9. The number of carbonyl (C=O) groups excluding carboxylic acids is 1. The summed E-state index contributed by atoms with van der Waals surface area (Å²) in [4.78, 5) is 25.6. The van der Waals surface area contributed by atoms with Gasteiger partial charge in [0.25, 0.3) is 7.82 Å². The van der Waals surface area contributed by atoms with Crippen LogP contribution in [0.3, 0.4) is 0 Å². The number of likely N-dealkylation sites (N-methyl/N-ethyl adjacent to an activating group) is 1. The van der Waals surface area contributed by atoms with Gasteiger partial charge in [0.05, 0.1) is 39.9 Å². The van der Waals surface area contributed by atoms with Crippen molar-refractivity contribution in [1.82, 2.24) is 5.32 Å². The predicted octanol–water partition coefficient (Wildman–Crippen LogP) is 23.3. The maximum atomic E-state index is 13.0. The van der Waals surface area contributed by atoms with E-state index in [1.54, 1.807) is 6.08 Å². The van der Waals surface area contributed by atoms with E-state index < -0.39 is 26.6 Å². The number of quaternary nitrogens is 1. The molecule has 0 saturated carbocycles. The lowest BCUT2D eigenvalue weighted by atomic mass is 10.0. The Bertz CT molecular complexity index is 1570. The first-order valence-electron chi connectivity index (χ1n) is 37.2. The van der Waals surface area contributed by atoms with Crippen molar-refractivity contribution in [1.29, 1.82) is 0 Å². The van der Waals surface area contributed by atoms with E-state index in [0.29, 0.717) is 17.4 Å². The van der Waals surface area contributed by atoms with Crippen molar-refractivity contribution < 1.29 is 32.9 Å². The molecule has 3 atom stereocenters. The van der Waals surface area contributed by atoms with Gasteiger partial charge in [0, 0.05) is 6.42 Å². The van der Waals surface area contributed by atoms with Crippen molar-refractivity contribution in [3.8, 4) is 0 Å². The molecule has 2 N–H and O–H groups in total. The van der Waals surface area contributed by atoms with Crippen LogP contribution >= 0.6 is 7.82 Å². The van der Waals surface area contributed by atoms with Gasteiger partial charge in [-0.1, -0.05) is 344 Å². The molecule has 0 saturated heterocycles. The van der Waals surface area contributed by atoms with Crippen LogP contribution in [0.25, 0.3) is 0 Å². The van der Waals surface area contributed by atoms with Crippen molar-refractivity contribution in [2.24, 2.45) is 0 Å². The molecule has 0 aromatic rings. The summed E-state index contributed by atoms with van der Waals surface area (Å²) < 4.78 is 23.5. The van der Waals surface area contributed by atoms with Crippen LogP contribution in [0.2, 0.25) is 0 Å². The number of rotatable bonds is 69. The van der Waals surface area contributed by atoms with Gasteiger partial charge in [0.15, 0.2) is 0 Å². The minimum atomic E-state index is -4.62. The lowest BCUT2D eigenvalue weighted by molar-refractivity contribution is -0.870. The summed E-state index contributed by atoms with van der Waals surface area (Å²) in [5.41, 5.74) is 0. The molecule has 500 valence electrons. The average Bonchev–Trinajstić information content (AvgIpc) is 3.49. The monoisotopic (exact) mass is 1210 g/mol. The number of phosphoric acid groups is 1. The van der Waals surface area contributed by atoms with Crippen LogP contribution in [0.1, 0.15) is 367 Å². The van der Waals surface area contributed by atoms with Gasteiger partial charge in [0.1, 0.15) is 13.2 Å². The highest BCUT2D eigenvalue weighted by molar-refractivity contribution is 7.45. The first kappa shape index (κ1) is 83.2. The molecule has 0 fully saturated rings. The number of unbranched alkanes of at least 4 members (excludes halogenated alkanes) is 48. The van der Waals surface area contributed by atoms with E-state index in [-0.39, 0.29) is 12.5 Å². The number of phosphoric ester groups is 1. The van der Waals surface area contributed by atoms with Crippen molar-refractivity contribution in [2.45, 2.75) is 379 Å². The highest BCUT2D eigenvalue weighted by Gasteiger charge is 2.23. The Morgan fingerprint density at radius 3 is 1.02 bits per heavy atom. The Labute approximate surface area is 530 Å². The van der Waals surface area contributed by atoms with Crippen LogP contribution in [0.5, 0.6) is 0 Å². The smallest absolute Gasteiger partial charge is 0.268 e. The lowest BCUT2D eigenvalue weighted by Gasteiger charge is -2.29. The number of hydrogen-bond acceptors (Lipinski definition) is 6. The second-order valence-electron chi connectivity index (χ2n) is 26.6. The zero-order valence-corrected chi connectivity index (χ0v) is 58.2.